The van der Waals surface area contributed by atoms with E-state index in [9.17, 15) is 32.7 Å². The number of fused-ring (bicyclic) bond motifs is 2. The lowest BCUT2D eigenvalue weighted by Gasteiger charge is -2.10. The number of aryl methyl sites for hydroxylation is 2. The fourth-order valence-corrected chi connectivity index (χ4v) is 8.83. The molecule has 0 spiro atoms. The number of ether oxygens (including phenoxy) is 2. The van der Waals surface area contributed by atoms with Crippen molar-refractivity contribution in [3.8, 4) is 28.0 Å². The highest BCUT2D eigenvalue weighted by Gasteiger charge is 2.26. The summed E-state index contributed by atoms with van der Waals surface area (Å²) in [6.07, 6.45) is 5.79. The summed E-state index contributed by atoms with van der Waals surface area (Å²) >= 11 is 41.2. The first-order valence-corrected chi connectivity index (χ1v) is 23.9. The molecule has 0 amide bonds. The van der Waals surface area contributed by atoms with Crippen LogP contribution in [0.3, 0.4) is 0 Å². The number of esters is 1. The maximum absolute atomic E-state index is 14.2. The number of nitrogens with zero attached hydrogens (tertiary/aromatic N) is 4. The molecule has 3 aliphatic heterocycles. The Morgan fingerprint density at radius 1 is 0.657 bits per heavy atom. The number of carbonyl (C=O) groups excluding carboxylic acids is 1. The number of benzene rings is 3. The SMILES string of the molecule is C1COCCNN1.CCOC(=O)C(=C(Cl)Cl)c1cc(C)c(Cl)cc1F.Cc1cc(-c2c(Cl)n3n(c2=O)CCCCC3)c(F)cc1Cl.O=c1c(-c2cc(O)c(Cl)cc2F)c(Cl)n2n1CCCCC2. The summed E-state index contributed by atoms with van der Waals surface area (Å²) < 4.78 is 58.2. The maximum Gasteiger partial charge on any atom is 0.341 e. The van der Waals surface area contributed by atoms with Gasteiger partial charge in [0.2, 0.25) is 0 Å². The Morgan fingerprint density at radius 2 is 1.09 bits per heavy atom. The second-order valence-corrected chi connectivity index (χ2v) is 18.2. The van der Waals surface area contributed by atoms with Gasteiger partial charge in [0.15, 0.2) is 0 Å². The minimum atomic E-state index is -0.780. The quantitative estimate of drug-likeness (QED) is 0.117. The van der Waals surface area contributed by atoms with Gasteiger partial charge in [-0.1, -0.05) is 81.2 Å². The van der Waals surface area contributed by atoms with Crippen molar-refractivity contribution in [1.29, 1.82) is 0 Å². The van der Waals surface area contributed by atoms with Crippen molar-refractivity contribution >= 4 is 92.7 Å². The van der Waals surface area contributed by atoms with Crippen LogP contribution in [0.1, 0.15) is 62.1 Å². The summed E-state index contributed by atoms with van der Waals surface area (Å²) in [6, 6.07) is 7.43. The zero-order valence-electron chi connectivity index (χ0n) is 36.6. The van der Waals surface area contributed by atoms with Crippen LogP contribution in [0.5, 0.6) is 5.75 Å². The lowest BCUT2D eigenvalue weighted by Crippen LogP contribution is -2.32. The number of nitrogens with one attached hydrogen (secondary N) is 2. The van der Waals surface area contributed by atoms with Crippen LogP contribution in [0.4, 0.5) is 13.2 Å². The van der Waals surface area contributed by atoms with E-state index in [1.165, 1.54) is 16.8 Å². The molecule has 8 rings (SSSR count). The van der Waals surface area contributed by atoms with E-state index in [4.69, 9.17) is 90.7 Å². The molecular weight excluding hydrogens is 1030 g/mol. The first-order valence-electron chi connectivity index (χ1n) is 21.2. The molecule has 22 heteroatoms. The van der Waals surface area contributed by atoms with Crippen LogP contribution in [0.15, 0.2) is 50.5 Å². The minimum Gasteiger partial charge on any atom is -0.506 e. The van der Waals surface area contributed by atoms with Gasteiger partial charge in [-0.05, 0) is 107 Å². The fraction of sp³-hybridized carbons (Fsp3) is 0.400. The Morgan fingerprint density at radius 3 is 1.57 bits per heavy atom. The zero-order chi connectivity index (χ0) is 49.1. The minimum absolute atomic E-state index is 0.0278. The molecule has 5 aromatic rings. The summed E-state index contributed by atoms with van der Waals surface area (Å²) in [6.45, 7) is 11.2. The second-order valence-electron chi connectivity index (χ2n) is 15.3. The van der Waals surface area contributed by atoms with Crippen molar-refractivity contribution in [2.24, 2.45) is 0 Å². The standard InChI is InChI=1S/C15H15Cl2FN2O.C14H13Cl2FN2O2.C12H10Cl3FO2.C4H10N2O/c1-9-7-10(12(18)8-11(9)16)13-14(17)19-5-3-2-4-6-20(19)15(13)21;15-9-7-10(17)8(6-11(9)20)12-13(16)18-4-2-1-3-5-19(18)14(12)21;1-3-18-12(17)10(11(14)15)7-4-6(2)8(13)5-9(7)16;1-3-7-4-2-6-5-1/h7-8H,2-6H2,1H3;6-7,20H,1-5H2;4-5H,3H2,1-2H3;5-6H,1-4H2. The molecule has 2 aromatic heterocycles. The number of phenolic OH excluding ortho intramolecular Hbond substituents is 1. The molecule has 3 aromatic carbocycles. The number of hydrogen-bond acceptors (Lipinski definition) is 8. The Balaban J connectivity index is 0.000000176. The van der Waals surface area contributed by atoms with Gasteiger partial charge in [0.25, 0.3) is 11.1 Å². The van der Waals surface area contributed by atoms with E-state index in [1.54, 1.807) is 40.9 Å². The third kappa shape index (κ3) is 13.4. The number of hydrazine groups is 1. The summed E-state index contributed by atoms with van der Waals surface area (Å²) in [5, 5.41) is 10.7. The molecule has 0 atom stereocenters. The lowest BCUT2D eigenvalue weighted by atomic mass is 10.0. The molecule has 364 valence electrons. The first-order chi connectivity index (χ1) is 31.9. The van der Waals surface area contributed by atoms with Gasteiger partial charge in [0, 0.05) is 66.0 Å². The number of aromatic hydroxyl groups is 1. The third-order valence-electron chi connectivity index (χ3n) is 10.7. The third-order valence-corrected chi connectivity index (χ3v) is 13.0. The van der Waals surface area contributed by atoms with E-state index in [-0.39, 0.29) is 76.6 Å². The number of aromatic nitrogens is 4. The van der Waals surface area contributed by atoms with Crippen molar-refractivity contribution in [2.75, 3.05) is 32.9 Å². The number of halogens is 10. The number of carbonyl (C=O) groups is 1. The fourth-order valence-electron chi connectivity index (χ4n) is 7.30. The van der Waals surface area contributed by atoms with Gasteiger partial charge in [-0.15, -0.1) is 0 Å². The molecule has 3 aliphatic rings. The summed E-state index contributed by atoms with van der Waals surface area (Å²) in [7, 11) is 0. The highest BCUT2D eigenvalue weighted by molar-refractivity contribution is 6.61. The van der Waals surface area contributed by atoms with E-state index in [0.29, 0.717) is 41.9 Å². The van der Waals surface area contributed by atoms with Crippen molar-refractivity contribution in [3.63, 3.8) is 0 Å². The van der Waals surface area contributed by atoms with Gasteiger partial charge >= 0.3 is 5.97 Å². The molecule has 67 heavy (non-hydrogen) atoms. The molecule has 0 saturated carbocycles. The largest absolute Gasteiger partial charge is 0.506 e. The van der Waals surface area contributed by atoms with E-state index < -0.39 is 23.4 Å². The molecular formula is C45H48Cl7F3N6O6. The molecule has 1 fully saturated rings. The topological polar surface area (TPSA) is 134 Å². The molecule has 0 aliphatic carbocycles. The van der Waals surface area contributed by atoms with Crippen LogP contribution >= 0.6 is 81.2 Å². The first kappa shape index (κ1) is 54.3. The zero-order valence-corrected chi connectivity index (χ0v) is 41.9. The predicted octanol–water partition coefficient (Wildman–Crippen LogP) is 11.5. The van der Waals surface area contributed by atoms with Gasteiger partial charge in [-0.25, -0.2) is 27.3 Å². The van der Waals surface area contributed by atoms with Crippen LogP contribution in [0.25, 0.3) is 27.8 Å². The maximum atomic E-state index is 14.2. The second kappa shape index (κ2) is 25.3. The summed E-state index contributed by atoms with van der Waals surface area (Å²) in [4.78, 5) is 36.8. The Kier molecular flexibility index (Phi) is 20.5. The molecule has 0 radical (unpaired) electrons. The average Bonchev–Trinajstić information content (AvgIpc) is 3.65. The average molecular weight is 1070 g/mol. The van der Waals surface area contributed by atoms with Gasteiger partial charge in [0.05, 0.1) is 41.5 Å². The highest BCUT2D eigenvalue weighted by Crippen LogP contribution is 2.36. The van der Waals surface area contributed by atoms with E-state index >= 15 is 0 Å². The summed E-state index contributed by atoms with van der Waals surface area (Å²) in [5.41, 5.74) is 6.94. The Hall–Kier alpha value is -3.61. The van der Waals surface area contributed by atoms with Crippen molar-refractivity contribution in [2.45, 2.75) is 85.5 Å². The normalized spacial score (nSPS) is 14.5. The van der Waals surface area contributed by atoms with Crippen molar-refractivity contribution in [3.05, 3.63) is 121 Å². The molecule has 0 bridgehead atoms. The number of hydrogen-bond donors (Lipinski definition) is 3. The molecule has 3 N–H and O–H groups in total. The van der Waals surface area contributed by atoms with Gasteiger partial charge in [-0.3, -0.25) is 29.8 Å². The van der Waals surface area contributed by atoms with Crippen molar-refractivity contribution < 1.29 is 32.5 Å². The number of phenols is 1. The molecule has 0 unspecified atom stereocenters. The summed E-state index contributed by atoms with van der Waals surface area (Å²) in [5.74, 6) is -2.95. The van der Waals surface area contributed by atoms with Crippen LogP contribution in [-0.4, -0.2) is 62.7 Å². The van der Waals surface area contributed by atoms with E-state index in [2.05, 4.69) is 10.9 Å². The monoisotopic (exact) mass is 1070 g/mol. The number of rotatable bonds is 5. The lowest BCUT2D eigenvalue weighted by molar-refractivity contribution is -0.136. The van der Waals surface area contributed by atoms with Crippen LogP contribution in [-0.2, 0) is 40.4 Å². The van der Waals surface area contributed by atoms with Gasteiger partial charge in [0.1, 0.15) is 38.0 Å². The van der Waals surface area contributed by atoms with E-state index in [0.717, 1.165) is 88.6 Å². The van der Waals surface area contributed by atoms with Crippen LogP contribution in [0, 0.1) is 31.3 Å². The van der Waals surface area contributed by atoms with Crippen molar-refractivity contribution in [1.82, 2.24) is 29.6 Å². The molecule has 1 saturated heterocycles. The molecule has 5 heterocycles. The highest BCUT2D eigenvalue weighted by atomic mass is 35.5. The van der Waals surface area contributed by atoms with Crippen LogP contribution < -0.4 is 22.0 Å². The van der Waals surface area contributed by atoms with Crippen LogP contribution in [0.2, 0.25) is 25.4 Å². The predicted molar refractivity (Wildman–Crippen MR) is 261 cm³/mol. The van der Waals surface area contributed by atoms with E-state index in [1.807, 2.05) is 0 Å². The van der Waals surface area contributed by atoms with Gasteiger partial charge in [-0.2, -0.15) is 0 Å². The smallest absolute Gasteiger partial charge is 0.341 e. The Bertz CT molecular complexity index is 2590. The Labute approximate surface area is 419 Å². The molecule has 12 nitrogen and oxygen atoms in total. The van der Waals surface area contributed by atoms with Gasteiger partial charge < -0.3 is 14.6 Å².